The van der Waals surface area contributed by atoms with E-state index in [1.54, 1.807) is 0 Å². The highest BCUT2D eigenvalue weighted by molar-refractivity contribution is 14.1. The summed E-state index contributed by atoms with van der Waals surface area (Å²) in [5, 5.41) is 8.14. The Kier molecular flexibility index (Phi) is 16.0. The molecular formula is C24H43IN4O5. The molecule has 34 heavy (non-hydrogen) atoms. The molecule has 0 aromatic carbocycles. The minimum atomic E-state index is -0.655. The number of halogens is 1. The zero-order valence-electron chi connectivity index (χ0n) is 21.3. The number of alkyl halides is 1. The number of hydrogen-bond acceptors (Lipinski definition) is 5. The van der Waals surface area contributed by atoms with Gasteiger partial charge in [-0.25, -0.2) is 4.79 Å². The van der Waals surface area contributed by atoms with Crippen LogP contribution in [0.25, 0.3) is 0 Å². The molecule has 0 aromatic rings. The zero-order valence-corrected chi connectivity index (χ0v) is 23.5. The van der Waals surface area contributed by atoms with Crippen molar-refractivity contribution in [1.82, 2.24) is 16.0 Å². The molecular weight excluding hydrogens is 551 g/mol. The average Bonchev–Trinajstić information content (AvgIpc) is 2.74. The summed E-state index contributed by atoms with van der Waals surface area (Å²) < 4.78 is 0.402. The SMILES string of the molecule is CC(C)[C@H](NC(=O)CCCCNC(=O)CI)C(=O)C[C@@H](CCCCNC(N)=O)C(=O)C(C)(C)C. The number of primary amides is 1. The van der Waals surface area contributed by atoms with Crippen LogP contribution in [-0.2, 0) is 19.2 Å². The van der Waals surface area contributed by atoms with Crippen molar-refractivity contribution in [2.24, 2.45) is 23.0 Å². The van der Waals surface area contributed by atoms with Gasteiger partial charge in [-0.05, 0) is 31.6 Å². The number of hydrogen-bond donors (Lipinski definition) is 4. The topological polar surface area (TPSA) is 147 Å². The van der Waals surface area contributed by atoms with Crippen LogP contribution in [0.2, 0.25) is 0 Å². The van der Waals surface area contributed by atoms with E-state index >= 15 is 0 Å². The van der Waals surface area contributed by atoms with Crippen molar-refractivity contribution in [2.45, 2.75) is 85.6 Å². The van der Waals surface area contributed by atoms with E-state index in [0.717, 1.165) is 0 Å². The van der Waals surface area contributed by atoms with Crippen LogP contribution in [0.15, 0.2) is 0 Å². The standard InChI is InChI=1S/C24H43IN4O5/c1-16(2)21(29-19(31)11-7-9-12-27-20(32)15-25)18(30)14-17(22(33)24(3,4)5)10-6-8-13-28-23(26)34/h16-17,21H,6-15H2,1-5H3,(H,27,32)(H,29,31)(H3,26,28,34)/t17-,21+/m1/s1. The van der Waals surface area contributed by atoms with Gasteiger partial charge >= 0.3 is 6.03 Å². The number of rotatable bonds is 17. The Balaban J connectivity index is 4.91. The van der Waals surface area contributed by atoms with Crippen LogP contribution in [-0.4, -0.2) is 53.0 Å². The molecule has 196 valence electrons. The molecule has 0 aromatic heterocycles. The van der Waals surface area contributed by atoms with Gasteiger partial charge in [0.2, 0.25) is 11.8 Å². The number of unbranched alkanes of at least 4 members (excludes halogenated alkanes) is 2. The van der Waals surface area contributed by atoms with Gasteiger partial charge in [0.15, 0.2) is 5.78 Å². The minimum absolute atomic E-state index is 0.0195. The molecule has 0 aliphatic heterocycles. The van der Waals surface area contributed by atoms with E-state index in [0.29, 0.717) is 49.6 Å². The van der Waals surface area contributed by atoms with Crippen LogP contribution in [0.1, 0.15) is 79.6 Å². The number of urea groups is 1. The number of amides is 4. The van der Waals surface area contributed by atoms with E-state index < -0.39 is 23.4 Å². The fourth-order valence-electron chi connectivity index (χ4n) is 3.59. The number of nitrogens with two attached hydrogens (primary N) is 1. The van der Waals surface area contributed by atoms with Crippen LogP contribution in [0.4, 0.5) is 4.79 Å². The monoisotopic (exact) mass is 594 g/mol. The van der Waals surface area contributed by atoms with Gasteiger partial charge in [-0.1, -0.05) is 63.6 Å². The molecule has 0 saturated heterocycles. The van der Waals surface area contributed by atoms with Crippen LogP contribution < -0.4 is 21.7 Å². The summed E-state index contributed by atoms with van der Waals surface area (Å²) in [5.41, 5.74) is 4.49. The summed E-state index contributed by atoms with van der Waals surface area (Å²) in [4.78, 5) is 60.6. The van der Waals surface area contributed by atoms with Crippen LogP contribution in [0, 0.1) is 17.3 Å². The largest absolute Gasteiger partial charge is 0.355 e. The summed E-state index contributed by atoms with van der Waals surface area (Å²) in [5.74, 6) is -0.908. The van der Waals surface area contributed by atoms with Gasteiger partial charge in [-0.2, -0.15) is 0 Å². The molecule has 0 aliphatic carbocycles. The Morgan fingerprint density at radius 3 is 2.00 bits per heavy atom. The molecule has 0 heterocycles. The van der Waals surface area contributed by atoms with Crippen molar-refractivity contribution in [1.29, 1.82) is 0 Å². The first-order chi connectivity index (χ1) is 15.8. The molecule has 9 nitrogen and oxygen atoms in total. The van der Waals surface area contributed by atoms with Crippen molar-refractivity contribution >= 4 is 52.0 Å². The third kappa shape index (κ3) is 14.5. The lowest BCUT2D eigenvalue weighted by atomic mass is 9.77. The lowest BCUT2D eigenvalue weighted by molar-refractivity contribution is -0.135. The van der Waals surface area contributed by atoms with Gasteiger partial charge < -0.3 is 21.7 Å². The smallest absolute Gasteiger partial charge is 0.312 e. The van der Waals surface area contributed by atoms with Gasteiger partial charge in [0.1, 0.15) is 5.78 Å². The maximum Gasteiger partial charge on any atom is 0.312 e. The molecule has 0 rings (SSSR count). The van der Waals surface area contributed by atoms with E-state index in [-0.39, 0.29) is 42.1 Å². The highest BCUT2D eigenvalue weighted by Crippen LogP contribution is 2.27. The maximum absolute atomic E-state index is 13.1. The molecule has 5 N–H and O–H groups in total. The second kappa shape index (κ2) is 16.8. The van der Waals surface area contributed by atoms with E-state index in [4.69, 9.17) is 5.73 Å². The maximum atomic E-state index is 13.1. The Morgan fingerprint density at radius 2 is 1.47 bits per heavy atom. The predicted molar refractivity (Wildman–Crippen MR) is 142 cm³/mol. The summed E-state index contributed by atoms with van der Waals surface area (Å²) in [6.45, 7) is 10.2. The lowest BCUT2D eigenvalue weighted by Gasteiger charge is -2.27. The Morgan fingerprint density at radius 1 is 0.882 bits per heavy atom. The van der Waals surface area contributed by atoms with Crippen molar-refractivity contribution in [3.8, 4) is 0 Å². The first kappa shape index (κ1) is 32.3. The average molecular weight is 595 g/mol. The third-order valence-corrected chi connectivity index (χ3v) is 6.13. The highest BCUT2D eigenvalue weighted by atomic mass is 127. The summed E-state index contributed by atoms with van der Waals surface area (Å²) in [6, 6.07) is -1.24. The summed E-state index contributed by atoms with van der Waals surface area (Å²) >= 11 is 1.99. The first-order valence-electron chi connectivity index (χ1n) is 12.0. The Labute approximate surface area is 217 Å². The number of carbonyl (C=O) groups excluding carboxylic acids is 5. The predicted octanol–water partition coefficient (Wildman–Crippen LogP) is 2.88. The van der Waals surface area contributed by atoms with Crippen molar-refractivity contribution < 1.29 is 24.0 Å². The van der Waals surface area contributed by atoms with Crippen molar-refractivity contribution in [2.75, 3.05) is 17.5 Å². The van der Waals surface area contributed by atoms with Crippen molar-refractivity contribution in [3.05, 3.63) is 0 Å². The van der Waals surface area contributed by atoms with Crippen LogP contribution >= 0.6 is 22.6 Å². The third-order valence-electron chi connectivity index (χ3n) is 5.44. The molecule has 0 spiro atoms. The molecule has 0 fully saturated rings. The summed E-state index contributed by atoms with van der Waals surface area (Å²) in [6.07, 6.45) is 3.50. The van der Waals surface area contributed by atoms with E-state index in [9.17, 15) is 24.0 Å². The molecule has 0 unspecified atom stereocenters. The number of nitrogens with one attached hydrogen (secondary N) is 3. The van der Waals surface area contributed by atoms with Crippen molar-refractivity contribution in [3.63, 3.8) is 0 Å². The van der Waals surface area contributed by atoms with Gasteiger partial charge in [-0.3, -0.25) is 19.2 Å². The molecule has 0 saturated carbocycles. The molecule has 0 aliphatic rings. The zero-order chi connectivity index (χ0) is 26.3. The normalized spacial score (nSPS) is 13.1. The quantitative estimate of drug-likeness (QED) is 0.116. The van der Waals surface area contributed by atoms with E-state index in [1.165, 1.54) is 0 Å². The van der Waals surface area contributed by atoms with E-state index in [1.807, 2.05) is 57.2 Å². The lowest BCUT2D eigenvalue weighted by Crippen LogP contribution is -2.45. The van der Waals surface area contributed by atoms with Gasteiger partial charge in [0, 0.05) is 37.3 Å². The van der Waals surface area contributed by atoms with Crippen LogP contribution in [0.3, 0.4) is 0 Å². The van der Waals surface area contributed by atoms with Gasteiger partial charge in [0.05, 0.1) is 10.5 Å². The molecule has 0 radical (unpaired) electrons. The fourth-order valence-corrected chi connectivity index (χ4v) is 3.86. The Hall–Kier alpha value is -1.72. The Bertz CT molecular complexity index is 691. The van der Waals surface area contributed by atoms with Gasteiger partial charge in [-0.15, -0.1) is 0 Å². The first-order valence-corrected chi connectivity index (χ1v) is 13.5. The molecule has 4 amide bonds. The minimum Gasteiger partial charge on any atom is -0.355 e. The van der Waals surface area contributed by atoms with E-state index in [2.05, 4.69) is 16.0 Å². The number of Topliss-reactive ketones (excluding diaryl/α,β-unsaturated/α-hetero) is 2. The van der Waals surface area contributed by atoms with Gasteiger partial charge in [0.25, 0.3) is 0 Å². The second-order valence-corrected chi connectivity index (χ2v) is 10.8. The number of carbonyl (C=O) groups is 5. The molecule has 2 atom stereocenters. The highest BCUT2D eigenvalue weighted by Gasteiger charge is 2.33. The fraction of sp³-hybridized carbons (Fsp3) is 0.792. The molecule has 10 heteroatoms. The van der Waals surface area contributed by atoms with Crippen LogP contribution in [0.5, 0.6) is 0 Å². The second-order valence-electron chi connectivity index (χ2n) is 10.00. The molecule has 0 bridgehead atoms. The summed E-state index contributed by atoms with van der Waals surface area (Å²) in [7, 11) is 0. The number of ketones is 2.